The molecule has 0 radical (unpaired) electrons. The van der Waals surface area contributed by atoms with Crippen molar-refractivity contribution in [3.63, 3.8) is 0 Å². The van der Waals surface area contributed by atoms with Gasteiger partial charge in [-0.15, -0.1) is 0 Å². The highest BCUT2D eigenvalue weighted by atomic mass is 79.9. The molecule has 0 fully saturated rings. The molecule has 0 aliphatic carbocycles. The van der Waals surface area contributed by atoms with E-state index in [9.17, 15) is 0 Å². The molecule has 0 heterocycles. The Morgan fingerprint density at radius 1 is 1.00 bits per heavy atom. The molecule has 0 unspecified atom stereocenters. The van der Waals surface area contributed by atoms with E-state index in [0.29, 0.717) is 0 Å². The van der Waals surface area contributed by atoms with E-state index in [-0.39, 0.29) is 0 Å². The number of hydrogen-bond donors (Lipinski definition) is 0. The highest BCUT2D eigenvalue weighted by Crippen LogP contribution is 2.33. The molecule has 11 heavy (non-hydrogen) atoms. The minimum Gasteiger partial charge on any atom is -0.0502 e. The van der Waals surface area contributed by atoms with Crippen LogP contribution in [0.2, 0.25) is 0 Å². The SMILES string of the molecule is Cc1cc(Br)c(Br)c(C)c1Br. The van der Waals surface area contributed by atoms with Gasteiger partial charge in [0.05, 0.1) is 0 Å². The van der Waals surface area contributed by atoms with Gasteiger partial charge < -0.3 is 0 Å². The number of aryl methyl sites for hydroxylation is 1. The van der Waals surface area contributed by atoms with Crippen molar-refractivity contribution in [1.29, 1.82) is 0 Å². The van der Waals surface area contributed by atoms with E-state index in [1.807, 2.05) is 0 Å². The maximum atomic E-state index is 3.51. The van der Waals surface area contributed by atoms with Gasteiger partial charge >= 0.3 is 0 Å². The van der Waals surface area contributed by atoms with E-state index in [2.05, 4.69) is 67.7 Å². The molecule has 60 valence electrons. The predicted octanol–water partition coefficient (Wildman–Crippen LogP) is 4.59. The molecule has 0 atom stereocenters. The Labute approximate surface area is 91.8 Å². The van der Waals surface area contributed by atoms with Gasteiger partial charge in [-0.05, 0) is 62.9 Å². The molecule has 0 saturated heterocycles. The summed E-state index contributed by atoms with van der Waals surface area (Å²) in [6, 6.07) is 2.08. The molecule has 1 rings (SSSR count). The average molecular weight is 343 g/mol. The first kappa shape index (κ1) is 9.75. The van der Waals surface area contributed by atoms with E-state index in [1.165, 1.54) is 15.6 Å². The van der Waals surface area contributed by atoms with Gasteiger partial charge in [0.2, 0.25) is 0 Å². The summed E-state index contributed by atoms with van der Waals surface area (Å²) in [7, 11) is 0. The van der Waals surface area contributed by atoms with Crippen LogP contribution in [-0.4, -0.2) is 0 Å². The summed E-state index contributed by atoms with van der Waals surface area (Å²) in [5.41, 5.74) is 2.48. The fraction of sp³-hybridized carbons (Fsp3) is 0.250. The summed E-state index contributed by atoms with van der Waals surface area (Å²) in [6.07, 6.45) is 0. The Morgan fingerprint density at radius 3 is 2.09 bits per heavy atom. The van der Waals surface area contributed by atoms with Gasteiger partial charge in [0.25, 0.3) is 0 Å². The van der Waals surface area contributed by atoms with E-state index in [0.717, 1.165) is 8.95 Å². The number of hydrogen-bond acceptors (Lipinski definition) is 0. The van der Waals surface area contributed by atoms with E-state index in [4.69, 9.17) is 0 Å². The third-order valence-electron chi connectivity index (χ3n) is 1.56. The molecule has 0 amide bonds. The van der Waals surface area contributed by atoms with Crippen molar-refractivity contribution >= 4 is 47.8 Å². The summed E-state index contributed by atoms with van der Waals surface area (Å²) in [4.78, 5) is 0. The fourth-order valence-corrected chi connectivity index (χ4v) is 2.42. The second-order valence-electron chi connectivity index (χ2n) is 2.43. The van der Waals surface area contributed by atoms with Crippen LogP contribution in [0, 0.1) is 13.8 Å². The largest absolute Gasteiger partial charge is 0.0502 e. The maximum Gasteiger partial charge on any atom is 0.0358 e. The number of halogens is 3. The Bertz CT molecular complexity index is 266. The first-order valence-electron chi connectivity index (χ1n) is 3.14. The quantitative estimate of drug-likeness (QED) is 0.605. The lowest BCUT2D eigenvalue weighted by Crippen LogP contribution is -1.84. The smallest absolute Gasteiger partial charge is 0.0358 e. The van der Waals surface area contributed by atoms with Crippen LogP contribution in [-0.2, 0) is 0 Å². The highest BCUT2D eigenvalue weighted by Gasteiger charge is 2.06. The third-order valence-corrected chi connectivity index (χ3v) is 4.96. The van der Waals surface area contributed by atoms with Crippen LogP contribution >= 0.6 is 47.8 Å². The molecule has 3 heteroatoms. The lowest BCUT2D eigenvalue weighted by atomic mass is 10.2. The summed E-state index contributed by atoms with van der Waals surface area (Å²) in [5.74, 6) is 0. The Kier molecular flexibility index (Phi) is 3.18. The zero-order chi connectivity index (χ0) is 8.59. The topological polar surface area (TPSA) is 0 Å². The molecule has 0 spiro atoms. The minimum atomic E-state index is 1.11. The first-order chi connectivity index (χ1) is 5.04. The van der Waals surface area contributed by atoms with Crippen molar-refractivity contribution in [3.8, 4) is 0 Å². The van der Waals surface area contributed by atoms with Gasteiger partial charge in [-0.2, -0.15) is 0 Å². The molecule has 0 saturated carbocycles. The molecular formula is C8H7Br3. The minimum absolute atomic E-state index is 1.11. The molecule has 1 aromatic carbocycles. The highest BCUT2D eigenvalue weighted by molar-refractivity contribution is 9.13. The van der Waals surface area contributed by atoms with E-state index < -0.39 is 0 Å². The van der Waals surface area contributed by atoms with Crippen molar-refractivity contribution in [2.75, 3.05) is 0 Å². The Hall–Kier alpha value is 0.660. The van der Waals surface area contributed by atoms with E-state index >= 15 is 0 Å². The van der Waals surface area contributed by atoms with Crippen LogP contribution in [0.25, 0.3) is 0 Å². The Morgan fingerprint density at radius 2 is 1.55 bits per heavy atom. The van der Waals surface area contributed by atoms with Crippen molar-refractivity contribution in [2.45, 2.75) is 13.8 Å². The van der Waals surface area contributed by atoms with Crippen LogP contribution in [0.15, 0.2) is 19.5 Å². The summed E-state index contributed by atoms with van der Waals surface area (Å²) < 4.78 is 3.40. The zero-order valence-electron chi connectivity index (χ0n) is 6.21. The second kappa shape index (κ2) is 3.58. The number of benzene rings is 1. The van der Waals surface area contributed by atoms with Gasteiger partial charge in [0.1, 0.15) is 0 Å². The molecule has 0 N–H and O–H groups in total. The predicted molar refractivity (Wildman–Crippen MR) is 59.0 cm³/mol. The van der Waals surface area contributed by atoms with Crippen LogP contribution in [0.5, 0.6) is 0 Å². The normalized spacial score (nSPS) is 10.3. The monoisotopic (exact) mass is 340 g/mol. The van der Waals surface area contributed by atoms with E-state index in [1.54, 1.807) is 0 Å². The molecule has 0 aliphatic rings. The molecular weight excluding hydrogens is 336 g/mol. The molecule has 1 aromatic rings. The summed E-state index contributed by atoms with van der Waals surface area (Å²) in [5, 5.41) is 0. The van der Waals surface area contributed by atoms with Crippen molar-refractivity contribution in [3.05, 3.63) is 30.6 Å². The molecule has 0 aromatic heterocycles. The third kappa shape index (κ3) is 1.87. The fourth-order valence-electron chi connectivity index (χ4n) is 0.888. The molecule has 0 nitrogen and oxygen atoms in total. The molecule has 0 aliphatic heterocycles. The van der Waals surface area contributed by atoms with Crippen molar-refractivity contribution in [1.82, 2.24) is 0 Å². The number of rotatable bonds is 0. The van der Waals surface area contributed by atoms with Crippen molar-refractivity contribution in [2.24, 2.45) is 0 Å². The summed E-state index contributed by atoms with van der Waals surface area (Å²) in [6.45, 7) is 4.15. The summed E-state index contributed by atoms with van der Waals surface area (Å²) >= 11 is 10.5. The van der Waals surface area contributed by atoms with Crippen LogP contribution in [0.4, 0.5) is 0 Å². The van der Waals surface area contributed by atoms with Gasteiger partial charge in [-0.3, -0.25) is 0 Å². The lowest BCUT2D eigenvalue weighted by Gasteiger charge is -2.06. The van der Waals surface area contributed by atoms with Gasteiger partial charge in [-0.1, -0.05) is 15.9 Å². The van der Waals surface area contributed by atoms with Gasteiger partial charge in [0.15, 0.2) is 0 Å². The Balaban J connectivity index is 3.46. The average Bonchev–Trinajstić information content (AvgIpc) is 1.97. The first-order valence-corrected chi connectivity index (χ1v) is 5.52. The lowest BCUT2D eigenvalue weighted by molar-refractivity contribution is 1.30. The van der Waals surface area contributed by atoms with Crippen LogP contribution < -0.4 is 0 Å². The van der Waals surface area contributed by atoms with Crippen LogP contribution in [0.1, 0.15) is 11.1 Å². The standard InChI is InChI=1S/C8H7Br3/c1-4-3-6(9)8(11)5(2)7(4)10/h3H,1-2H3. The van der Waals surface area contributed by atoms with Crippen LogP contribution in [0.3, 0.4) is 0 Å². The molecule has 0 bridgehead atoms. The van der Waals surface area contributed by atoms with Crippen molar-refractivity contribution < 1.29 is 0 Å². The maximum absolute atomic E-state index is 3.51. The second-order valence-corrected chi connectivity index (χ2v) is 4.87. The zero-order valence-corrected chi connectivity index (χ0v) is 11.0. The van der Waals surface area contributed by atoms with Gasteiger partial charge in [-0.25, -0.2) is 0 Å². The van der Waals surface area contributed by atoms with Gasteiger partial charge in [0, 0.05) is 13.4 Å².